The van der Waals surface area contributed by atoms with Crippen LogP contribution in [0.25, 0.3) is 0 Å². The summed E-state index contributed by atoms with van der Waals surface area (Å²) in [6.07, 6.45) is 4.29. The molecule has 0 saturated heterocycles. The molecule has 2 aromatic heterocycles. The van der Waals surface area contributed by atoms with Gasteiger partial charge in [-0.05, 0) is 12.1 Å². The molecule has 0 aliphatic rings. The number of aromatic nitrogens is 2. The summed E-state index contributed by atoms with van der Waals surface area (Å²) in [5, 5.41) is 14.2. The maximum absolute atomic E-state index is 11.5. The number of furan rings is 1. The predicted molar refractivity (Wildman–Crippen MR) is 66.3 cm³/mol. The Bertz CT molecular complexity index is 571. The summed E-state index contributed by atoms with van der Waals surface area (Å²) >= 11 is 0. The summed E-state index contributed by atoms with van der Waals surface area (Å²) in [6.45, 7) is 0.911. The molecule has 0 aliphatic heterocycles. The Balaban J connectivity index is 1.72. The zero-order valence-electron chi connectivity index (χ0n) is 9.96. The molecule has 2 rings (SSSR count). The molecule has 1 amide bonds. The summed E-state index contributed by atoms with van der Waals surface area (Å²) in [6, 6.07) is 5.13. The number of nitrogens with zero attached hydrogens (tertiary/aromatic N) is 3. The van der Waals surface area contributed by atoms with E-state index in [9.17, 15) is 4.79 Å². The lowest BCUT2D eigenvalue weighted by Gasteiger charge is -2.05. The second kappa shape index (κ2) is 6.16. The average Bonchev–Trinajstić information content (AvgIpc) is 2.98. The molecule has 7 nitrogen and oxygen atoms in total. The molecule has 0 aromatic carbocycles. The number of carbonyl (C=O) groups is 1. The van der Waals surface area contributed by atoms with Crippen LogP contribution in [-0.4, -0.2) is 29.0 Å². The van der Waals surface area contributed by atoms with Crippen LogP contribution < -0.4 is 10.6 Å². The lowest BCUT2D eigenvalue weighted by Crippen LogP contribution is -2.28. The van der Waals surface area contributed by atoms with Gasteiger partial charge in [-0.3, -0.25) is 4.79 Å². The Morgan fingerprint density at radius 3 is 2.89 bits per heavy atom. The third kappa shape index (κ3) is 3.54. The Morgan fingerprint density at radius 1 is 1.37 bits per heavy atom. The second-order valence-corrected chi connectivity index (χ2v) is 3.56. The van der Waals surface area contributed by atoms with Crippen LogP contribution in [0.15, 0.2) is 35.2 Å². The van der Waals surface area contributed by atoms with Crippen LogP contribution in [0.3, 0.4) is 0 Å². The zero-order chi connectivity index (χ0) is 13.5. The van der Waals surface area contributed by atoms with Gasteiger partial charge in [0, 0.05) is 13.1 Å². The first-order valence-corrected chi connectivity index (χ1v) is 5.57. The number of anilines is 1. The first kappa shape index (κ1) is 12.6. The van der Waals surface area contributed by atoms with Crippen molar-refractivity contribution in [3.8, 4) is 6.07 Å². The van der Waals surface area contributed by atoms with Gasteiger partial charge in [0.15, 0.2) is 11.5 Å². The molecule has 2 heterocycles. The van der Waals surface area contributed by atoms with Crippen molar-refractivity contribution < 1.29 is 9.21 Å². The van der Waals surface area contributed by atoms with E-state index in [-0.39, 0.29) is 17.4 Å². The molecule has 0 radical (unpaired) electrons. The van der Waals surface area contributed by atoms with Crippen LogP contribution >= 0.6 is 0 Å². The predicted octanol–water partition coefficient (Wildman–Crippen LogP) is 0.783. The molecule has 0 unspecified atom stereocenters. The highest BCUT2D eigenvalue weighted by Gasteiger charge is 2.06. The molecule has 0 spiro atoms. The molecule has 96 valence electrons. The number of hydrogen-bond acceptors (Lipinski definition) is 6. The molecule has 0 saturated carbocycles. The van der Waals surface area contributed by atoms with E-state index in [0.717, 1.165) is 0 Å². The van der Waals surface area contributed by atoms with E-state index in [4.69, 9.17) is 9.68 Å². The van der Waals surface area contributed by atoms with Crippen molar-refractivity contribution in [2.45, 2.75) is 0 Å². The highest BCUT2D eigenvalue weighted by atomic mass is 16.3. The summed E-state index contributed by atoms with van der Waals surface area (Å²) in [5.41, 5.74) is 0.261. The molecular formula is C12H11N5O2. The average molecular weight is 257 g/mol. The SMILES string of the molecule is N#Cc1cnc(NCCNC(=O)c2ccco2)cn1. The molecule has 19 heavy (non-hydrogen) atoms. The number of rotatable bonds is 5. The first-order chi connectivity index (χ1) is 9.29. The van der Waals surface area contributed by atoms with Gasteiger partial charge < -0.3 is 15.1 Å². The van der Waals surface area contributed by atoms with Crippen LogP contribution in [0.5, 0.6) is 0 Å². The minimum atomic E-state index is -0.266. The highest BCUT2D eigenvalue weighted by molar-refractivity contribution is 5.91. The second-order valence-electron chi connectivity index (χ2n) is 3.56. The quantitative estimate of drug-likeness (QED) is 0.767. The van der Waals surface area contributed by atoms with Gasteiger partial charge in [0.1, 0.15) is 11.9 Å². The molecule has 0 aliphatic carbocycles. The Morgan fingerprint density at radius 2 is 2.26 bits per heavy atom. The minimum absolute atomic E-state index is 0.261. The fraction of sp³-hybridized carbons (Fsp3) is 0.167. The monoisotopic (exact) mass is 257 g/mol. The van der Waals surface area contributed by atoms with Crippen molar-refractivity contribution in [3.63, 3.8) is 0 Å². The van der Waals surface area contributed by atoms with E-state index < -0.39 is 0 Å². The van der Waals surface area contributed by atoms with Crippen LogP contribution in [0.1, 0.15) is 16.2 Å². The number of nitriles is 1. The third-order valence-electron chi connectivity index (χ3n) is 2.23. The van der Waals surface area contributed by atoms with E-state index >= 15 is 0 Å². The van der Waals surface area contributed by atoms with Crippen molar-refractivity contribution in [1.29, 1.82) is 5.26 Å². The van der Waals surface area contributed by atoms with Gasteiger partial charge >= 0.3 is 0 Å². The number of nitrogens with one attached hydrogen (secondary N) is 2. The van der Waals surface area contributed by atoms with Crippen LogP contribution in [0, 0.1) is 11.3 Å². The van der Waals surface area contributed by atoms with E-state index in [1.165, 1.54) is 18.7 Å². The summed E-state index contributed by atoms with van der Waals surface area (Å²) < 4.78 is 4.95. The van der Waals surface area contributed by atoms with Crippen molar-refractivity contribution >= 4 is 11.7 Å². The topological polar surface area (TPSA) is 104 Å². The van der Waals surface area contributed by atoms with Crippen LogP contribution in [-0.2, 0) is 0 Å². The van der Waals surface area contributed by atoms with Gasteiger partial charge in [-0.1, -0.05) is 0 Å². The van der Waals surface area contributed by atoms with Crippen molar-refractivity contribution in [2.75, 3.05) is 18.4 Å². The molecule has 2 aromatic rings. The standard InChI is InChI=1S/C12H11N5O2/c13-6-9-7-17-11(8-16-9)14-3-4-15-12(18)10-2-1-5-19-10/h1-2,5,7-8H,3-4H2,(H,14,17)(H,15,18). The first-order valence-electron chi connectivity index (χ1n) is 5.57. The Labute approximate surface area is 109 Å². The molecule has 0 fully saturated rings. The normalized spacial score (nSPS) is 9.63. The summed E-state index contributed by atoms with van der Waals surface area (Å²) in [5.74, 6) is 0.558. The smallest absolute Gasteiger partial charge is 0.287 e. The summed E-state index contributed by atoms with van der Waals surface area (Å²) in [4.78, 5) is 19.4. The third-order valence-corrected chi connectivity index (χ3v) is 2.23. The molecule has 0 bridgehead atoms. The molecule has 2 N–H and O–H groups in total. The van der Waals surface area contributed by atoms with Crippen molar-refractivity contribution in [1.82, 2.24) is 15.3 Å². The number of hydrogen-bond donors (Lipinski definition) is 2. The molecular weight excluding hydrogens is 246 g/mol. The van der Waals surface area contributed by atoms with Crippen LogP contribution in [0.2, 0.25) is 0 Å². The van der Waals surface area contributed by atoms with E-state index in [1.807, 2.05) is 6.07 Å². The maximum atomic E-state index is 11.5. The zero-order valence-corrected chi connectivity index (χ0v) is 9.96. The molecule has 0 atom stereocenters. The number of amides is 1. The van der Waals surface area contributed by atoms with Gasteiger partial charge in [-0.15, -0.1) is 0 Å². The number of carbonyl (C=O) groups excluding carboxylic acids is 1. The van der Waals surface area contributed by atoms with Crippen molar-refractivity contribution in [3.05, 3.63) is 42.2 Å². The Hall–Kier alpha value is -2.88. The fourth-order valence-corrected chi connectivity index (χ4v) is 1.34. The van der Waals surface area contributed by atoms with Gasteiger partial charge in [0.25, 0.3) is 5.91 Å². The van der Waals surface area contributed by atoms with E-state index in [2.05, 4.69) is 20.6 Å². The van der Waals surface area contributed by atoms with Gasteiger partial charge in [-0.25, -0.2) is 9.97 Å². The fourth-order valence-electron chi connectivity index (χ4n) is 1.34. The van der Waals surface area contributed by atoms with E-state index in [1.54, 1.807) is 12.1 Å². The lowest BCUT2D eigenvalue weighted by molar-refractivity contribution is 0.0927. The highest BCUT2D eigenvalue weighted by Crippen LogP contribution is 2.00. The van der Waals surface area contributed by atoms with Gasteiger partial charge in [-0.2, -0.15) is 5.26 Å². The Kier molecular flexibility index (Phi) is 4.08. The van der Waals surface area contributed by atoms with E-state index in [0.29, 0.717) is 18.9 Å². The van der Waals surface area contributed by atoms with Gasteiger partial charge in [0.2, 0.25) is 0 Å². The maximum Gasteiger partial charge on any atom is 0.287 e. The summed E-state index contributed by atoms with van der Waals surface area (Å²) in [7, 11) is 0. The largest absolute Gasteiger partial charge is 0.459 e. The van der Waals surface area contributed by atoms with Crippen LogP contribution in [0.4, 0.5) is 5.82 Å². The van der Waals surface area contributed by atoms with Gasteiger partial charge in [0.05, 0.1) is 18.7 Å². The lowest BCUT2D eigenvalue weighted by atomic mass is 10.4. The molecule has 7 heteroatoms. The van der Waals surface area contributed by atoms with Crippen molar-refractivity contribution in [2.24, 2.45) is 0 Å². The minimum Gasteiger partial charge on any atom is -0.459 e.